The van der Waals surface area contributed by atoms with Gasteiger partial charge >= 0.3 is 6.18 Å². The largest absolute Gasteiger partial charge is 0.431 e. The molecule has 0 aliphatic carbocycles. The quantitative estimate of drug-likeness (QED) is 0.486. The molecule has 0 saturated carbocycles. The smallest absolute Gasteiger partial charge is 0.329 e. The Bertz CT molecular complexity index is 1300. The summed E-state index contributed by atoms with van der Waals surface area (Å²) in [7, 11) is -2.21. The summed E-state index contributed by atoms with van der Waals surface area (Å²) in [5, 5.41) is 5.61. The number of halogens is 3. The Morgan fingerprint density at radius 2 is 1.94 bits per heavy atom. The Hall–Kier alpha value is -3.55. The van der Waals surface area contributed by atoms with Gasteiger partial charge in [-0.15, -0.1) is 0 Å². The van der Waals surface area contributed by atoms with E-state index in [1.165, 1.54) is 41.0 Å². The van der Waals surface area contributed by atoms with Crippen molar-refractivity contribution in [2.24, 2.45) is 7.05 Å². The number of hydrogen-bond donors (Lipinski definition) is 1. The topological polar surface area (TPSA) is 125 Å². The fourth-order valence-corrected chi connectivity index (χ4v) is 4.18. The van der Waals surface area contributed by atoms with Gasteiger partial charge in [0.25, 0.3) is 0 Å². The van der Waals surface area contributed by atoms with E-state index in [0.717, 1.165) is 0 Å². The molecule has 3 rings (SSSR count). The van der Waals surface area contributed by atoms with Gasteiger partial charge in [0.05, 0.1) is 16.3 Å². The second-order valence-corrected chi connectivity index (χ2v) is 9.00. The number of sulfone groups is 1. The Kier molecular flexibility index (Phi) is 6.67. The summed E-state index contributed by atoms with van der Waals surface area (Å²) >= 11 is 0. The molecule has 0 unspecified atom stereocenters. The molecule has 0 saturated heterocycles. The number of carbonyl (C=O) groups excluding carboxylic acids is 1. The fourth-order valence-electron chi connectivity index (χ4n) is 3.16. The normalized spacial score (nSPS) is 12.7. The maximum atomic E-state index is 13.3. The van der Waals surface area contributed by atoms with Crippen molar-refractivity contribution in [1.29, 1.82) is 0 Å². The average Bonchev–Trinajstić information content (AvgIpc) is 3.40. The highest BCUT2D eigenvalue weighted by Crippen LogP contribution is 2.31. The monoisotopic (exact) mass is 483 g/mol. The van der Waals surface area contributed by atoms with Gasteiger partial charge in [0.1, 0.15) is 24.0 Å². The third kappa shape index (κ3) is 4.79. The molecule has 33 heavy (non-hydrogen) atoms. The molecule has 14 heteroatoms. The summed E-state index contributed by atoms with van der Waals surface area (Å²) in [6, 6.07) is 2.80. The number of hydrogen-bond acceptors (Lipinski definition) is 7. The molecular formula is C19H20F3N7O3S. The second kappa shape index (κ2) is 9.13. The zero-order valence-electron chi connectivity index (χ0n) is 17.8. The maximum absolute atomic E-state index is 13.3. The van der Waals surface area contributed by atoms with E-state index in [1.54, 1.807) is 19.3 Å². The Labute approximate surface area is 187 Å². The average molecular weight is 483 g/mol. The van der Waals surface area contributed by atoms with E-state index < -0.39 is 21.7 Å². The number of carbonyl (C=O) groups is 1. The Morgan fingerprint density at radius 1 is 1.21 bits per heavy atom. The SMILES string of the molecule is CCc1c(/C=C(\NC=O)C(F)(F)F)nc(-c2nc(-n3cncn3)ccc2S(=O)(=O)CC)n1C. The zero-order valence-corrected chi connectivity index (χ0v) is 18.6. The molecule has 1 N–H and O–H groups in total. The molecule has 0 aromatic carbocycles. The first-order valence-electron chi connectivity index (χ1n) is 9.67. The van der Waals surface area contributed by atoms with E-state index in [0.29, 0.717) is 11.8 Å². The van der Waals surface area contributed by atoms with E-state index in [2.05, 4.69) is 20.1 Å². The Balaban J connectivity index is 2.30. The fraction of sp³-hybridized carbons (Fsp3) is 0.316. The summed E-state index contributed by atoms with van der Waals surface area (Å²) in [6.45, 7) is 3.18. The number of imidazole rings is 1. The van der Waals surface area contributed by atoms with Crippen molar-refractivity contribution in [2.75, 3.05) is 5.75 Å². The maximum Gasteiger partial charge on any atom is 0.431 e. The van der Waals surface area contributed by atoms with Crippen molar-refractivity contribution >= 4 is 22.3 Å². The molecule has 0 aliphatic heterocycles. The van der Waals surface area contributed by atoms with Crippen LogP contribution in [-0.2, 0) is 28.1 Å². The molecule has 3 aromatic rings. The van der Waals surface area contributed by atoms with Gasteiger partial charge in [-0.1, -0.05) is 13.8 Å². The first-order valence-corrected chi connectivity index (χ1v) is 11.3. The number of amides is 1. The minimum absolute atomic E-state index is 0.0414. The molecule has 3 heterocycles. The molecule has 0 spiro atoms. The van der Waals surface area contributed by atoms with E-state index in [1.807, 2.05) is 0 Å². The van der Waals surface area contributed by atoms with Gasteiger partial charge in [-0.3, -0.25) is 4.79 Å². The first-order chi connectivity index (χ1) is 15.5. The number of rotatable bonds is 8. The number of nitrogens with one attached hydrogen (secondary N) is 1. The lowest BCUT2D eigenvalue weighted by Gasteiger charge is -2.11. The van der Waals surface area contributed by atoms with E-state index >= 15 is 0 Å². The second-order valence-electron chi connectivity index (χ2n) is 6.76. The predicted octanol–water partition coefficient (Wildman–Crippen LogP) is 2.07. The van der Waals surface area contributed by atoms with Crippen LogP contribution < -0.4 is 5.32 Å². The molecule has 10 nitrogen and oxygen atoms in total. The van der Waals surface area contributed by atoms with E-state index in [9.17, 15) is 26.4 Å². The molecule has 0 bridgehead atoms. The van der Waals surface area contributed by atoms with Gasteiger partial charge in [-0.25, -0.2) is 28.1 Å². The van der Waals surface area contributed by atoms with Crippen molar-refractivity contribution in [1.82, 2.24) is 34.6 Å². The highest BCUT2D eigenvalue weighted by atomic mass is 32.2. The van der Waals surface area contributed by atoms with Crippen LogP contribution in [0.25, 0.3) is 23.4 Å². The van der Waals surface area contributed by atoms with Crippen LogP contribution in [0.2, 0.25) is 0 Å². The first kappa shape index (κ1) is 24.1. The van der Waals surface area contributed by atoms with Gasteiger partial charge in [0.2, 0.25) is 6.41 Å². The minimum atomic E-state index is -4.83. The molecule has 1 amide bonds. The molecule has 0 aliphatic rings. The highest BCUT2D eigenvalue weighted by molar-refractivity contribution is 7.91. The summed E-state index contributed by atoms with van der Waals surface area (Å²) < 4.78 is 68.2. The molecule has 0 radical (unpaired) electrons. The number of nitrogens with zero attached hydrogens (tertiary/aromatic N) is 6. The third-order valence-electron chi connectivity index (χ3n) is 4.80. The standard InChI is InChI=1S/C19H20F3N7O3S/c1-4-13-12(8-15(24-11-30)19(20,21)22)26-18(28(13)3)17-14(33(31,32)5-2)6-7-16(27-17)29-10-23-9-25-29/h6-11H,4-5H2,1-3H3,(H,24,30)/b15-8-. The Morgan fingerprint density at radius 3 is 2.48 bits per heavy atom. The van der Waals surface area contributed by atoms with Crippen LogP contribution in [-0.4, -0.2) is 56.1 Å². The lowest BCUT2D eigenvalue weighted by atomic mass is 10.2. The van der Waals surface area contributed by atoms with Crippen LogP contribution in [0.3, 0.4) is 0 Å². The predicted molar refractivity (Wildman–Crippen MR) is 112 cm³/mol. The minimum Gasteiger partial charge on any atom is -0.329 e. The molecular weight excluding hydrogens is 463 g/mol. The number of alkyl halides is 3. The zero-order chi connectivity index (χ0) is 24.4. The lowest BCUT2D eigenvalue weighted by molar-refractivity contribution is -0.116. The molecule has 0 fully saturated rings. The van der Waals surface area contributed by atoms with Gasteiger partial charge in [0, 0.05) is 12.7 Å². The van der Waals surface area contributed by atoms with Crippen molar-refractivity contribution in [2.45, 2.75) is 31.3 Å². The molecule has 0 atom stereocenters. The van der Waals surface area contributed by atoms with Crippen LogP contribution >= 0.6 is 0 Å². The van der Waals surface area contributed by atoms with Crippen molar-refractivity contribution in [3.63, 3.8) is 0 Å². The third-order valence-corrected chi connectivity index (χ3v) is 6.56. The summed E-state index contributed by atoms with van der Waals surface area (Å²) in [4.78, 5) is 23.1. The molecule has 176 valence electrons. The van der Waals surface area contributed by atoms with Crippen molar-refractivity contribution in [3.05, 3.63) is 41.9 Å². The van der Waals surface area contributed by atoms with Crippen LogP contribution in [0.4, 0.5) is 13.2 Å². The highest BCUT2D eigenvalue weighted by Gasteiger charge is 2.34. The molecule has 3 aromatic heterocycles. The summed E-state index contributed by atoms with van der Waals surface area (Å²) in [6.07, 6.45) is -1.29. The van der Waals surface area contributed by atoms with Crippen molar-refractivity contribution in [3.8, 4) is 17.3 Å². The number of pyridine rings is 1. The van der Waals surface area contributed by atoms with Gasteiger partial charge < -0.3 is 9.88 Å². The van der Waals surface area contributed by atoms with Crippen LogP contribution in [0.1, 0.15) is 25.2 Å². The summed E-state index contributed by atoms with van der Waals surface area (Å²) in [5.74, 6) is 0.0675. The lowest BCUT2D eigenvalue weighted by Crippen LogP contribution is -2.25. The van der Waals surface area contributed by atoms with E-state index in [-0.39, 0.29) is 46.5 Å². The van der Waals surface area contributed by atoms with Gasteiger partial charge in [-0.2, -0.15) is 18.3 Å². The van der Waals surface area contributed by atoms with E-state index in [4.69, 9.17) is 0 Å². The van der Waals surface area contributed by atoms with Gasteiger partial charge in [0.15, 0.2) is 21.5 Å². The summed E-state index contributed by atoms with van der Waals surface area (Å²) in [5.41, 5.74) is -1.04. The van der Waals surface area contributed by atoms with Crippen LogP contribution in [0.15, 0.2) is 35.4 Å². The number of allylic oxidation sites excluding steroid dienone is 1. The van der Waals surface area contributed by atoms with Crippen LogP contribution in [0, 0.1) is 0 Å². The van der Waals surface area contributed by atoms with Gasteiger partial charge in [-0.05, 0) is 24.6 Å². The number of aromatic nitrogens is 6. The van der Waals surface area contributed by atoms with Crippen molar-refractivity contribution < 1.29 is 26.4 Å². The van der Waals surface area contributed by atoms with Crippen LogP contribution in [0.5, 0.6) is 0 Å².